The highest BCUT2D eigenvalue weighted by Gasteiger charge is 2.50. The second kappa shape index (κ2) is 9.10. The van der Waals surface area contributed by atoms with Crippen LogP contribution in [0.1, 0.15) is 71.5 Å². The molecule has 1 aromatic heterocycles. The summed E-state index contributed by atoms with van der Waals surface area (Å²) in [5.74, 6) is 1.92. The van der Waals surface area contributed by atoms with Gasteiger partial charge < -0.3 is 19.7 Å². The van der Waals surface area contributed by atoms with Gasteiger partial charge in [0, 0.05) is 32.4 Å². The van der Waals surface area contributed by atoms with E-state index in [0.717, 1.165) is 44.6 Å². The molecule has 3 heterocycles. The van der Waals surface area contributed by atoms with Crippen molar-refractivity contribution in [2.24, 2.45) is 5.92 Å². The average molecular weight is 409 g/mol. The highest BCUT2D eigenvalue weighted by atomic mass is 16.5. The Bertz CT molecular complexity index is 684. The molecular formula is C21H36N4O4. The van der Waals surface area contributed by atoms with Gasteiger partial charge in [-0.05, 0) is 32.1 Å². The molecule has 2 aliphatic rings. The molecule has 1 amide bonds. The third-order valence-electron chi connectivity index (χ3n) is 6.10. The molecule has 1 aromatic rings. The maximum absolute atomic E-state index is 12.2. The molecule has 2 N–H and O–H groups in total. The van der Waals surface area contributed by atoms with E-state index in [0.29, 0.717) is 31.2 Å². The van der Waals surface area contributed by atoms with E-state index in [-0.39, 0.29) is 18.1 Å². The molecule has 0 saturated carbocycles. The predicted molar refractivity (Wildman–Crippen MR) is 108 cm³/mol. The van der Waals surface area contributed by atoms with Crippen LogP contribution in [-0.4, -0.2) is 63.0 Å². The standard InChI is InChI=1S/C21H36N4O4/c1-5-6-18(27)23-20(4)14-21(28-13-16(20)26)7-9-25(10-8-21)12-17-22-19(29-24-17)11-15(2)3/h15-16,26H,5-14H2,1-4H3,(H,23,27)/t16-,20-/m0/s1. The van der Waals surface area contributed by atoms with Crippen LogP contribution in [-0.2, 0) is 22.5 Å². The number of likely N-dealkylation sites (tertiary alicyclic amines) is 1. The van der Waals surface area contributed by atoms with Crippen LogP contribution in [0.3, 0.4) is 0 Å². The first-order chi connectivity index (χ1) is 13.7. The maximum Gasteiger partial charge on any atom is 0.226 e. The summed E-state index contributed by atoms with van der Waals surface area (Å²) in [6, 6.07) is 0. The third-order valence-corrected chi connectivity index (χ3v) is 6.10. The predicted octanol–water partition coefficient (Wildman–Crippen LogP) is 2.06. The van der Waals surface area contributed by atoms with E-state index < -0.39 is 11.6 Å². The zero-order chi connectivity index (χ0) is 21.1. The maximum atomic E-state index is 12.2. The van der Waals surface area contributed by atoms with Crippen LogP contribution < -0.4 is 5.32 Å². The van der Waals surface area contributed by atoms with Gasteiger partial charge in [0.15, 0.2) is 5.82 Å². The minimum absolute atomic E-state index is 0.00200. The van der Waals surface area contributed by atoms with E-state index >= 15 is 0 Å². The van der Waals surface area contributed by atoms with Gasteiger partial charge >= 0.3 is 0 Å². The number of ether oxygens (including phenoxy) is 1. The summed E-state index contributed by atoms with van der Waals surface area (Å²) in [7, 11) is 0. The molecule has 164 valence electrons. The minimum Gasteiger partial charge on any atom is -0.388 e. The lowest BCUT2D eigenvalue weighted by atomic mass is 9.74. The number of aromatic nitrogens is 2. The van der Waals surface area contributed by atoms with Crippen molar-refractivity contribution in [3.05, 3.63) is 11.7 Å². The molecule has 2 saturated heterocycles. The summed E-state index contributed by atoms with van der Waals surface area (Å²) < 4.78 is 11.5. The Kier molecular flexibility index (Phi) is 6.96. The first-order valence-corrected chi connectivity index (χ1v) is 10.9. The van der Waals surface area contributed by atoms with Gasteiger partial charge in [-0.3, -0.25) is 9.69 Å². The first kappa shape index (κ1) is 22.2. The Balaban J connectivity index is 1.55. The number of hydrogen-bond donors (Lipinski definition) is 2. The van der Waals surface area contributed by atoms with Crippen LogP contribution in [0.4, 0.5) is 0 Å². The number of amides is 1. The van der Waals surface area contributed by atoms with Crippen molar-refractivity contribution < 1.29 is 19.2 Å². The topological polar surface area (TPSA) is 101 Å². The van der Waals surface area contributed by atoms with E-state index in [1.807, 2.05) is 13.8 Å². The number of rotatable bonds is 7. The Hall–Kier alpha value is -1.51. The van der Waals surface area contributed by atoms with Gasteiger partial charge in [-0.15, -0.1) is 0 Å². The van der Waals surface area contributed by atoms with Gasteiger partial charge in [0.25, 0.3) is 0 Å². The smallest absolute Gasteiger partial charge is 0.226 e. The average Bonchev–Trinajstić information content (AvgIpc) is 3.07. The van der Waals surface area contributed by atoms with E-state index in [1.165, 1.54) is 0 Å². The molecule has 0 unspecified atom stereocenters. The summed E-state index contributed by atoms with van der Waals surface area (Å²) >= 11 is 0. The first-order valence-electron chi connectivity index (χ1n) is 10.9. The largest absolute Gasteiger partial charge is 0.388 e. The molecule has 1 spiro atoms. The van der Waals surface area contributed by atoms with Gasteiger partial charge in [0.05, 0.1) is 24.3 Å². The molecular weight excluding hydrogens is 372 g/mol. The minimum atomic E-state index is -0.689. The molecule has 2 aliphatic heterocycles. The third kappa shape index (κ3) is 5.55. The number of carbonyl (C=O) groups is 1. The fraction of sp³-hybridized carbons (Fsp3) is 0.857. The lowest BCUT2D eigenvalue weighted by Crippen LogP contribution is -2.65. The van der Waals surface area contributed by atoms with Crippen LogP contribution >= 0.6 is 0 Å². The number of nitrogens with one attached hydrogen (secondary N) is 1. The van der Waals surface area contributed by atoms with E-state index in [1.54, 1.807) is 0 Å². The normalized spacial score (nSPS) is 27.4. The summed E-state index contributed by atoms with van der Waals surface area (Å²) in [4.78, 5) is 19.0. The van der Waals surface area contributed by atoms with Crippen LogP contribution in [0.15, 0.2) is 4.52 Å². The molecule has 2 atom stereocenters. The monoisotopic (exact) mass is 408 g/mol. The van der Waals surface area contributed by atoms with Crippen LogP contribution in [0.5, 0.6) is 0 Å². The molecule has 8 heteroatoms. The fourth-order valence-corrected chi connectivity index (χ4v) is 4.44. The van der Waals surface area contributed by atoms with Gasteiger partial charge in [-0.1, -0.05) is 25.9 Å². The quantitative estimate of drug-likeness (QED) is 0.712. The van der Waals surface area contributed by atoms with Crippen LogP contribution in [0.2, 0.25) is 0 Å². The van der Waals surface area contributed by atoms with Gasteiger partial charge in [-0.2, -0.15) is 4.98 Å². The van der Waals surface area contributed by atoms with Gasteiger partial charge in [0.2, 0.25) is 11.8 Å². The Labute approximate surface area is 173 Å². The Morgan fingerprint density at radius 2 is 2.10 bits per heavy atom. The second-order valence-electron chi connectivity index (χ2n) is 9.38. The lowest BCUT2D eigenvalue weighted by molar-refractivity contribution is -0.181. The van der Waals surface area contributed by atoms with E-state index in [9.17, 15) is 9.90 Å². The van der Waals surface area contributed by atoms with Crippen LogP contribution in [0.25, 0.3) is 0 Å². The zero-order valence-corrected chi connectivity index (χ0v) is 18.2. The molecule has 0 aliphatic carbocycles. The van der Waals surface area contributed by atoms with Crippen molar-refractivity contribution in [1.82, 2.24) is 20.4 Å². The molecule has 29 heavy (non-hydrogen) atoms. The van der Waals surface area contributed by atoms with E-state index in [4.69, 9.17) is 9.26 Å². The van der Waals surface area contributed by atoms with Crippen molar-refractivity contribution in [1.29, 1.82) is 0 Å². The molecule has 0 bridgehead atoms. The summed E-state index contributed by atoms with van der Waals surface area (Å²) in [6.45, 7) is 10.8. The Morgan fingerprint density at radius 1 is 1.38 bits per heavy atom. The highest BCUT2D eigenvalue weighted by Crippen LogP contribution is 2.40. The molecule has 0 aromatic carbocycles. The zero-order valence-electron chi connectivity index (χ0n) is 18.2. The fourth-order valence-electron chi connectivity index (χ4n) is 4.44. The number of aliphatic hydroxyl groups excluding tert-OH is 1. The Morgan fingerprint density at radius 3 is 2.76 bits per heavy atom. The van der Waals surface area contributed by atoms with E-state index in [2.05, 4.69) is 34.2 Å². The van der Waals surface area contributed by atoms with Gasteiger partial charge in [-0.25, -0.2) is 0 Å². The summed E-state index contributed by atoms with van der Waals surface area (Å²) in [5.41, 5.74) is -0.948. The van der Waals surface area contributed by atoms with Gasteiger partial charge in [0.1, 0.15) is 6.10 Å². The van der Waals surface area contributed by atoms with Crippen molar-refractivity contribution in [3.63, 3.8) is 0 Å². The molecule has 0 radical (unpaired) electrons. The number of piperidine rings is 1. The van der Waals surface area contributed by atoms with Crippen molar-refractivity contribution >= 4 is 5.91 Å². The number of hydrogen-bond acceptors (Lipinski definition) is 7. The number of nitrogens with zero attached hydrogens (tertiary/aromatic N) is 3. The number of carbonyl (C=O) groups excluding carboxylic acids is 1. The molecule has 3 rings (SSSR count). The van der Waals surface area contributed by atoms with Crippen LogP contribution in [0, 0.1) is 5.92 Å². The van der Waals surface area contributed by atoms with Crippen molar-refractivity contribution in [2.75, 3.05) is 19.7 Å². The molecule has 2 fully saturated rings. The van der Waals surface area contributed by atoms with Crippen molar-refractivity contribution in [3.8, 4) is 0 Å². The summed E-state index contributed by atoms with van der Waals surface area (Å²) in [6.07, 6.45) is 3.73. The number of aliphatic hydroxyl groups is 1. The molecule has 8 nitrogen and oxygen atoms in total. The second-order valence-corrected chi connectivity index (χ2v) is 9.38. The summed E-state index contributed by atoms with van der Waals surface area (Å²) in [5, 5.41) is 17.7. The lowest BCUT2D eigenvalue weighted by Gasteiger charge is -2.52. The highest BCUT2D eigenvalue weighted by molar-refractivity contribution is 5.76. The van der Waals surface area contributed by atoms with Crippen molar-refractivity contribution in [2.45, 2.75) is 90.0 Å². The SMILES string of the molecule is CCCC(=O)N[C@@]1(C)CC2(CCN(Cc3noc(CC(C)C)n3)CC2)OC[C@@H]1O.